The summed E-state index contributed by atoms with van der Waals surface area (Å²) in [6, 6.07) is 6.40. The minimum Gasteiger partial charge on any atom is -0.463 e. The third-order valence-corrected chi connectivity index (χ3v) is 4.00. The van der Waals surface area contributed by atoms with Gasteiger partial charge in [0.1, 0.15) is 0 Å². The summed E-state index contributed by atoms with van der Waals surface area (Å²) in [7, 11) is 0. The quantitative estimate of drug-likeness (QED) is 0.196. The lowest BCUT2D eigenvalue weighted by atomic mass is 10.1. The zero-order valence-corrected chi connectivity index (χ0v) is 18.9. The number of guanidine groups is 1. The molecule has 7 heteroatoms. The molecule has 2 N–H and O–H groups in total. The van der Waals surface area contributed by atoms with Gasteiger partial charge in [-0.1, -0.05) is 12.1 Å². The van der Waals surface area contributed by atoms with E-state index in [1.807, 2.05) is 20.8 Å². The predicted octanol–water partition coefficient (Wildman–Crippen LogP) is 3.73. The minimum atomic E-state index is -0.198. The Morgan fingerprint density at radius 2 is 2.04 bits per heavy atom. The van der Waals surface area contributed by atoms with Gasteiger partial charge in [0, 0.05) is 18.0 Å². The summed E-state index contributed by atoms with van der Waals surface area (Å²) in [6.07, 6.45) is 2.32. The van der Waals surface area contributed by atoms with Crippen LogP contribution in [0.4, 0.5) is 0 Å². The number of aliphatic imine (C=N–C) groups is 1. The fraction of sp³-hybridized carbons (Fsp3) is 0.556. The van der Waals surface area contributed by atoms with Gasteiger partial charge in [0.25, 0.3) is 0 Å². The Balaban J connectivity index is 0.00000576. The lowest BCUT2D eigenvalue weighted by Gasteiger charge is -2.13. The van der Waals surface area contributed by atoms with Gasteiger partial charge < -0.3 is 15.4 Å². The molecule has 0 heterocycles. The van der Waals surface area contributed by atoms with Crippen molar-refractivity contribution in [2.75, 3.05) is 19.3 Å². The van der Waals surface area contributed by atoms with E-state index in [4.69, 9.17) is 4.74 Å². The highest BCUT2D eigenvalue weighted by Gasteiger charge is 2.06. The predicted molar refractivity (Wildman–Crippen MR) is 117 cm³/mol. The van der Waals surface area contributed by atoms with Crippen molar-refractivity contribution in [1.29, 1.82) is 0 Å². The highest BCUT2D eigenvalue weighted by atomic mass is 127. The number of benzene rings is 1. The van der Waals surface area contributed by atoms with E-state index in [1.54, 1.807) is 11.8 Å². The highest BCUT2D eigenvalue weighted by molar-refractivity contribution is 14.0. The third kappa shape index (κ3) is 9.94. The van der Waals surface area contributed by atoms with Gasteiger partial charge in [0.2, 0.25) is 0 Å². The zero-order valence-electron chi connectivity index (χ0n) is 15.7. The van der Waals surface area contributed by atoms with Crippen LogP contribution in [0.3, 0.4) is 0 Å². The summed E-state index contributed by atoms with van der Waals surface area (Å²) in [5, 5.41) is 6.37. The molecule has 0 aliphatic carbocycles. The summed E-state index contributed by atoms with van der Waals surface area (Å²) < 4.78 is 5.12. The number of carbonyl (C=O) groups excluding carboxylic acids is 1. The monoisotopic (exact) mass is 479 g/mol. The number of thioether (sulfide) groups is 1. The number of hydrogen-bond acceptors (Lipinski definition) is 4. The van der Waals surface area contributed by atoms with E-state index in [-0.39, 0.29) is 36.0 Å². The normalized spacial score (nSPS) is 11.0. The molecule has 0 unspecified atom stereocenters. The molecule has 1 rings (SSSR count). The van der Waals surface area contributed by atoms with Gasteiger partial charge >= 0.3 is 5.97 Å². The van der Waals surface area contributed by atoms with Gasteiger partial charge in [0.15, 0.2) is 5.96 Å². The van der Waals surface area contributed by atoms with Crippen molar-refractivity contribution in [3.05, 3.63) is 29.3 Å². The van der Waals surface area contributed by atoms with E-state index in [0.717, 1.165) is 6.54 Å². The summed E-state index contributed by atoms with van der Waals surface area (Å²) in [4.78, 5) is 17.4. The second-order valence-electron chi connectivity index (χ2n) is 5.73. The van der Waals surface area contributed by atoms with Crippen molar-refractivity contribution in [1.82, 2.24) is 10.6 Å². The molecule has 0 aliphatic rings. The summed E-state index contributed by atoms with van der Waals surface area (Å²) in [5.74, 6) is 0.513. The van der Waals surface area contributed by atoms with Crippen molar-refractivity contribution in [2.24, 2.45) is 4.99 Å². The highest BCUT2D eigenvalue weighted by Crippen LogP contribution is 2.22. The number of ether oxygens (including phenoxy) is 1. The van der Waals surface area contributed by atoms with Gasteiger partial charge in [0.05, 0.1) is 19.1 Å². The molecule has 142 valence electrons. The minimum absolute atomic E-state index is 0. The van der Waals surface area contributed by atoms with Crippen LogP contribution in [0.5, 0.6) is 0 Å². The van der Waals surface area contributed by atoms with Crippen molar-refractivity contribution in [2.45, 2.75) is 51.7 Å². The molecule has 0 radical (unpaired) electrons. The van der Waals surface area contributed by atoms with Crippen LogP contribution in [0.25, 0.3) is 0 Å². The van der Waals surface area contributed by atoms with E-state index >= 15 is 0 Å². The van der Waals surface area contributed by atoms with Gasteiger partial charge in [-0.2, -0.15) is 0 Å². The van der Waals surface area contributed by atoms with Crippen LogP contribution in [0, 0.1) is 6.92 Å². The first kappa shape index (κ1) is 24.0. The van der Waals surface area contributed by atoms with E-state index in [1.165, 1.54) is 16.0 Å². The first-order valence-corrected chi connectivity index (χ1v) is 9.53. The Labute approximate surface area is 172 Å². The molecule has 5 nitrogen and oxygen atoms in total. The Kier molecular flexibility index (Phi) is 12.8. The Morgan fingerprint density at radius 3 is 2.64 bits per heavy atom. The van der Waals surface area contributed by atoms with Gasteiger partial charge in [-0.3, -0.25) is 4.79 Å². The second kappa shape index (κ2) is 13.3. The number of halogens is 1. The number of aryl methyl sites for hydroxylation is 1. The lowest BCUT2D eigenvalue weighted by Crippen LogP contribution is -2.38. The van der Waals surface area contributed by atoms with Gasteiger partial charge in [-0.25, -0.2) is 4.99 Å². The molecule has 1 aromatic rings. The van der Waals surface area contributed by atoms with Crippen molar-refractivity contribution in [3.8, 4) is 0 Å². The number of nitrogens with one attached hydrogen (secondary N) is 2. The number of nitrogens with zero attached hydrogens (tertiary/aromatic N) is 1. The van der Waals surface area contributed by atoms with Crippen LogP contribution >= 0.6 is 35.7 Å². The fourth-order valence-corrected chi connectivity index (χ4v) is 2.79. The first-order valence-electron chi connectivity index (χ1n) is 8.31. The van der Waals surface area contributed by atoms with Crippen molar-refractivity contribution >= 4 is 47.7 Å². The summed E-state index contributed by atoms with van der Waals surface area (Å²) >= 11 is 1.73. The molecular weight excluding hydrogens is 449 g/mol. The topological polar surface area (TPSA) is 62.7 Å². The molecule has 0 saturated carbocycles. The second-order valence-corrected chi connectivity index (χ2v) is 6.57. The van der Waals surface area contributed by atoms with Crippen LogP contribution in [0.2, 0.25) is 0 Å². The largest absolute Gasteiger partial charge is 0.463 e. The first-order chi connectivity index (χ1) is 11.5. The van der Waals surface area contributed by atoms with E-state index < -0.39 is 0 Å². The molecule has 0 atom stereocenters. The number of esters is 1. The van der Waals surface area contributed by atoms with E-state index in [2.05, 4.69) is 47.0 Å². The van der Waals surface area contributed by atoms with Crippen molar-refractivity contribution < 1.29 is 9.53 Å². The molecule has 25 heavy (non-hydrogen) atoms. The standard InChI is InChI=1S/C18H29N3O2S.HI/c1-6-19-18(20-10-9-17(22)23-13(2)3)21-12-15-8-7-14(4)11-16(15)24-5;/h7-8,11,13H,6,9-10,12H2,1-5H3,(H2,19,20,21);1H. The lowest BCUT2D eigenvalue weighted by molar-refractivity contribution is -0.147. The molecule has 0 fully saturated rings. The average Bonchev–Trinajstić information content (AvgIpc) is 2.52. The smallest absolute Gasteiger partial charge is 0.307 e. The molecule has 0 saturated heterocycles. The summed E-state index contributed by atoms with van der Waals surface area (Å²) in [5.41, 5.74) is 2.45. The summed E-state index contributed by atoms with van der Waals surface area (Å²) in [6.45, 7) is 9.68. The van der Waals surface area contributed by atoms with Crippen LogP contribution in [-0.4, -0.2) is 37.4 Å². The number of rotatable bonds is 8. The molecule has 0 aromatic heterocycles. The number of hydrogen-bond donors (Lipinski definition) is 2. The SMILES string of the molecule is CCNC(=NCc1ccc(C)cc1SC)NCCC(=O)OC(C)C.I. The molecule has 0 spiro atoms. The fourth-order valence-electron chi connectivity index (χ4n) is 2.09. The van der Waals surface area contributed by atoms with E-state index in [0.29, 0.717) is 25.5 Å². The van der Waals surface area contributed by atoms with Crippen LogP contribution in [-0.2, 0) is 16.1 Å². The Hall–Kier alpha value is -0.960. The Morgan fingerprint density at radius 1 is 1.32 bits per heavy atom. The molecule has 0 aliphatic heterocycles. The van der Waals surface area contributed by atoms with Crippen molar-refractivity contribution in [3.63, 3.8) is 0 Å². The van der Waals surface area contributed by atoms with Gasteiger partial charge in [-0.05, 0) is 51.1 Å². The third-order valence-electron chi connectivity index (χ3n) is 3.18. The Bertz CT molecular complexity index is 565. The van der Waals surface area contributed by atoms with Crippen LogP contribution < -0.4 is 10.6 Å². The molecule has 1 aromatic carbocycles. The van der Waals surface area contributed by atoms with Crippen LogP contribution in [0.15, 0.2) is 28.1 Å². The van der Waals surface area contributed by atoms with Crippen LogP contribution in [0.1, 0.15) is 38.3 Å². The maximum atomic E-state index is 11.6. The maximum Gasteiger partial charge on any atom is 0.307 e. The average molecular weight is 479 g/mol. The molecule has 0 bridgehead atoms. The molecule has 0 amide bonds. The van der Waals surface area contributed by atoms with Gasteiger partial charge in [-0.15, -0.1) is 35.7 Å². The van der Waals surface area contributed by atoms with E-state index in [9.17, 15) is 4.79 Å². The number of carbonyl (C=O) groups is 1. The molecular formula is C18H30IN3O2S. The zero-order chi connectivity index (χ0) is 17.9. The maximum absolute atomic E-state index is 11.6.